The first-order valence-electron chi connectivity index (χ1n) is 7.32. The van der Waals surface area contributed by atoms with E-state index in [4.69, 9.17) is 4.74 Å². The molecule has 1 atom stereocenters. The topological polar surface area (TPSA) is 67.8 Å². The van der Waals surface area contributed by atoms with Crippen molar-refractivity contribution in [3.05, 3.63) is 35.3 Å². The number of nitrogens with one attached hydrogen (secondary N) is 1. The van der Waals surface area contributed by atoms with E-state index in [0.717, 1.165) is 12.1 Å². The fourth-order valence-electron chi connectivity index (χ4n) is 1.94. The molecule has 2 amide bonds. The second-order valence-electron chi connectivity index (χ2n) is 5.20. The molecular formula is C16H20N2O3S. The van der Waals surface area contributed by atoms with Crippen LogP contribution in [-0.4, -0.2) is 42.0 Å². The first kappa shape index (κ1) is 16.7. The molecule has 0 aromatic carbocycles. The largest absolute Gasteiger partial charge is 0.379 e. The van der Waals surface area contributed by atoms with Gasteiger partial charge in [0.05, 0.1) is 22.0 Å². The monoisotopic (exact) mass is 320 g/mol. The minimum absolute atomic E-state index is 0.0150. The van der Waals surface area contributed by atoms with Gasteiger partial charge in [-0.25, -0.2) is 4.99 Å². The highest BCUT2D eigenvalue weighted by molar-refractivity contribution is 8.05. The number of hydrogen-bond donors (Lipinski definition) is 1. The summed E-state index contributed by atoms with van der Waals surface area (Å²) in [4.78, 5) is 28.1. The Bertz CT molecular complexity index is 562. The standard InChI is InChI=1S/C16H20N2O3S/c1-11(2)21-9-5-8-17-15(19)10-14-16(20)18-12-6-3-4-7-13(12)22-14/h3-4,6-7,10-11,13H,5,8-9H2,1-2H3,(H,17,19)/b14-10-. The van der Waals surface area contributed by atoms with Crippen LogP contribution in [0.3, 0.4) is 0 Å². The van der Waals surface area contributed by atoms with Crippen LogP contribution in [0.5, 0.6) is 0 Å². The van der Waals surface area contributed by atoms with Gasteiger partial charge in [-0.1, -0.05) is 18.2 Å². The molecule has 0 saturated heterocycles. The van der Waals surface area contributed by atoms with Crippen molar-refractivity contribution in [2.45, 2.75) is 31.6 Å². The summed E-state index contributed by atoms with van der Waals surface area (Å²) in [5, 5.41) is 2.77. The highest BCUT2D eigenvalue weighted by Gasteiger charge is 2.26. The van der Waals surface area contributed by atoms with E-state index in [1.54, 1.807) is 0 Å². The Kier molecular flexibility index (Phi) is 6.15. The number of hydrogen-bond acceptors (Lipinski definition) is 4. The molecule has 2 aliphatic rings. The molecule has 0 aromatic rings. The van der Waals surface area contributed by atoms with Crippen LogP contribution in [0.1, 0.15) is 20.3 Å². The maximum atomic E-state index is 11.9. The van der Waals surface area contributed by atoms with Crippen LogP contribution < -0.4 is 5.32 Å². The van der Waals surface area contributed by atoms with Crippen LogP contribution in [0.2, 0.25) is 0 Å². The summed E-state index contributed by atoms with van der Waals surface area (Å²) >= 11 is 1.36. The number of ether oxygens (including phenoxy) is 1. The number of carbonyl (C=O) groups excluding carboxylic acids is 2. The number of aliphatic imine (C=N–C) groups is 1. The molecule has 1 aliphatic heterocycles. The second kappa shape index (κ2) is 8.10. The number of thioether (sulfide) groups is 1. The summed E-state index contributed by atoms with van der Waals surface area (Å²) in [6, 6.07) is 0. The third-order valence-electron chi connectivity index (χ3n) is 2.98. The van der Waals surface area contributed by atoms with Crippen LogP contribution in [0.25, 0.3) is 0 Å². The maximum Gasteiger partial charge on any atom is 0.283 e. The van der Waals surface area contributed by atoms with E-state index in [2.05, 4.69) is 10.3 Å². The van der Waals surface area contributed by atoms with Crippen molar-refractivity contribution >= 4 is 29.3 Å². The van der Waals surface area contributed by atoms with Crippen molar-refractivity contribution in [3.63, 3.8) is 0 Å². The molecule has 1 unspecified atom stereocenters. The molecule has 0 radical (unpaired) electrons. The van der Waals surface area contributed by atoms with Gasteiger partial charge < -0.3 is 10.1 Å². The van der Waals surface area contributed by atoms with Crippen molar-refractivity contribution in [1.29, 1.82) is 0 Å². The average molecular weight is 320 g/mol. The number of amides is 2. The molecule has 118 valence electrons. The Morgan fingerprint density at radius 1 is 1.50 bits per heavy atom. The first-order chi connectivity index (χ1) is 10.6. The lowest BCUT2D eigenvalue weighted by Crippen LogP contribution is -2.26. The van der Waals surface area contributed by atoms with Crippen LogP contribution in [-0.2, 0) is 14.3 Å². The van der Waals surface area contributed by atoms with E-state index in [9.17, 15) is 9.59 Å². The number of allylic oxidation sites excluding steroid dienone is 3. The number of carbonyl (C=O) groups is 2. The minimum atomic E-state index is -0.352. The summed E-state index contributed by atoms with van der Waals surface area (Å²) in [5.41, 5.74) is 0.737. The molecule has 6 heteroatoms. The van der Waals surface area contributed by atoms with Gasteiger partial charge >= 0.3 is 0 Å². The molecule has 0 saturated carbocycles. The quantitative estimate of drug-likeness (QED) is 0.600. The lowest BCUT2D eigenvalue weighted by molar-refractivity contribution is -0.117. The number of fused-ring (bicyclic) bond motifs is 1. The van der Waals surface area contributed by atoms with E-state index in [-0.39, 0.29) is 23.2 Å². The Labute approximate surface area is 134 Å². The van der Waals surface area contributed by atoms with Gasteiger partial charge in [-0.15, -0.1) is 11.8 Å². The van der Waals surface area contributed by atoms with Gasteiger partial charge in [-0.05, 0) is 26.3 Å². The van der Waals surface area contributed by atoms with Gasteiger partial charge in [0, 0.05) is 19.2 Å². The van der Waals surface area contributed by atoms with Gasteiger partial charge in [0.2, 0.25) is 5.91 Å². The molecule has 1 heterocycles. The summed E-state index contributed by atoms with van der Waals surface area (Å²) < 4.78 is 5.39. The van der Waals surface area contributed by atoms with Crippen molar-refractivity contribution in [2.24, 2.45) is 4.99 Å². The third-order valence-corrected chi connectivity index (χ3v) is 4.18. The third kappa shape index (κ3) is 4.96. The second-order valence-corrected chi connectivity index (χ2v) is 6.38. The molecular weight excluding hydrogens is 300 g/mol. The van der Waals surface area contributed by atoms with E-state index in [1.165, 1.54) is 17.8 Å². The molecule has 0 fully saturated rings. The minimum Gasteiger partial charge on any atom is -0.379 e. The van der Waals surface area contributed by atoms with Crippen LogP contribution in [0.15, 0.2) is 40.3 Å². The first-order valence-corrected chi connectivity index (χ1v) is 8.20. The molecule has 0 aromatic heterocycles. The normalized spacial score (nSPS) is 22.0. The maximum absolute atomic E-state index is 11.9. The Hall–Kier alpha value is -1.66. The Morgan fingerprint density at radius 3 is 3.09 bits per heavy atom. The zero-order chi connectivity index (χ0) is 15.9. The van der Waals surface area contributed by atoms with E-state index in [0.29, 0.717) is 18.1 Å². The predicted octanol–water partition coefficient (Wildman–Crippen LogP) is 2.01. The Morgan fingerprint density at radius 2 is 2.32 bits per heavy atom. The fraction of sp³-hybridized carbons (Fsp3) is 0.438. The number of rotatable bonds is 6. The summed E-state index contributed by atoms with van der Waals surface area (Å²) in [7, 11) is 0. The summed E-state index contributed by atoms with van der Waals surface area (Å²) in [6.45, 7) is 5.07. The van der Waals surface area contributed by atoms with E-state index in [1.807, 2.05) is 38.2 Å². The van der Waals surface area contributed by atoms with Crippen molar-refractivity contribution in [2.75, 3.05) is 13.2 Å². The predicted molar refractivity (Wildman–Crippen MR) is 88.9 cm³/mol. The highest BCUT2D eigenvalue weighted by Crippen LogP contribution is 2.31. The van der Waals surface area contributed by atoms with Gasteiger partial charge in [0.15, 0.2) is 0 Å². The Balaban J connectivity index is 1.83. The zero-order valence-corrected chi connectivity index (χ0v) is 13.6. The molecule has 0 bridgehead atoms. The van der Waals surface area contributed by atoms with Crippen LogP contribution in [0.4, 0.5) is 0 Å². The van der Waals surface area contributed by atoms with E-state index < -0.39 is 0 Å². The molecule has 2 rings (SSSR count). The van der Waals surface area contributed by atoms with Gasteiger partial charge in [-0.3, -0.25) is 9.59 Å². The van der Waals surface area contributed by atoms with Gasteiger partial charge in [0.25, 0.3) is 5.91 Å². The molecule has 0 spiro atoms. The molecule has 5 nitrogen and oxygen atoms in total. The lowest BCUT2D eigenvalue weighted by atomic mass is 10.1. The SMILES string of the molecule is CC(C)OCCCNC(=O)/C=C1\SC2C=CC=CC2=NC1=O. The van der Waals surface area contributed by atoms with Crippen LogP contribution in [0, 0.1) is 0 Å². The van der Waals surface area contributed by atoms with Crippen molar-refractivity contribution in [3.8, 4) is 0 Å². The van der Waals surface area contributed by atoms with Gasteiger partial charge in [0.1, 0.15) is 0 Å². The van der Waals surface area contributed by atoms with Crippen molar-refractivity contribution < 1.29 is 14.3 Å². The molecule has 1 aliphatic carbocycles. The van der Waals surface area contributed by atoms with Gasteiger partial charge in [-0.2, -0.15) is 0 Å². The average Bonchev–Trinajstić information content (AvgIpc) is 2.47. The van der Waals surface area contributed by atoms with E-state index >= 15 is 0 Å². The molecule has 22 heavy (non-hydrogen) atoms. The molecule has 1 N–H and O–H groups in total. The lowest BCUT2D eigenvalue weighted by Gasteiger charge is -2.20. The zero-order valence-electron chi connectivity index (χ0n) is 12.7. The fourth-order valence-corrected chi connectivity index (χ4v) is 2.96. The summed E-state index contributed by atoms with van der Waals surface area (Å²) in [5.74, 6) is -0.621. The summed E-state index contributed by atoms with van der Waals surface area (Å²) in [6.07, 6.45) is 9.82. The van der Waals surface area contributed by atoms with Crippen molar-refractivity contribution in [1.82, 2.24) is 5.32 Å². The smallest absolute Gasteiger partial charge is 0.283 e. The number of nitrogens with zero attached hydrogens (tertiary/aromatic N) is 1. The highest BCUT2D eigenvalue weighted by atomic mass is 32.2. The van der Waals surface area contributed by atoms with Crippen LogP contribution >= 0.6 is 11.8 Å².